The summed E-state index contributed by atoms with van der Waals surface area (Å²) in [5, 5.41) is 0.117. The topological polar surface area (TPSA) is 57.5 Å². The van der Waals surface area contributed by atoms with Gasteiger partial charge in [0.25, 0.3) is 0 Å². The molecule has 0 radical (unpaired) electrons. The highest BCUT2D eigenvalue weighted by Crippen LogP contribution is 2.47. The molecule has 2 aromatic carbocycles. The number of fused-ring (bicyclic) bond motifs is 2. The summed E-state index contributed by atoms with van der Waals surface area (Å²) < 4.78 is 11.6. The molecule has 0 saturated carbocycles. The molecule has 0 aliphatic heterocycles. The highest BCUT2D eigenvalue weighted by atomic mass is 31.2. The SMILES string of the molecule is Cc1cc2c(cc1C=C1CCc3cc(P(=O)(O)O)ccc31)C(C)(C)CCC2(C)C. The van der Waals surface area contributed by atoms with Crippen LogP contribution >= 0.6 is 7.60 Å². The Hall–Kier alpha value is -1.67. The number of aryl methyl sites for hydroxylation is 2. The van der Waals surface area contributed by atoms with Gasteiger partial charge in [0, 0.05) is 0 Å². The first kappa shape index (κ1) is 20.6. The molecule has 0 unspecified atom stereocenters. The Labute approximate surface area is 174 Å². The summed E-state index contributed by atoms with van der Waals surface area (Å²) in [7, 11) is -4.20. The van der Waals surface area contributed by atoms with Crippen LogP contribution in [0.15, 0.2) is 30.3 Å². The molecule has 0 saturated heterocycles. The maximum atomic E-state index is 11.6. The fraction of sp³-hybridized carbons (Fsp3) is 0.440. The Bertz CT molecular complexity index is 1070. The summed E-state index contributed by atoms with van der Waals surface area (Å²) in [6.45, 7) is 11.6. The minimum Gasteiger partial charge on any atom is -0.321 e. The molecule has 0 spiro atoms. The van der Waals surface area contributed by atoms with Gasteiger partial charge < -0.3 is 9.79 Å². The molecule has 2 aromatic rings. The quantitative estimate of drug-likeness (QED) is 0.631. The molecule has 0 amide bonds. The summed E-state index contributed by atoms with van der Waals surface area (Å²) in [5.74, 6) is 0. The Morgan fingerprint density at radius 2 is 1.55 bits per heavy atom. The number of hydrogen-bond acceptors (Lipinski definition) is 1. The average molecular weight is 410 g/mol. The van der Waals surface area contributed by atoms with Crippen molar-refractivity contribution in [3.8, 4) is 0 Å². The largest absolute Gasteiger partial charge is 0.356 e. The smallest absolute Gasteiger partial charge is 0.321 e. The molecular formula is C25H31O3P. The van der Waals surface area contributed by atoms with E-state index in [0.29, 0.717) is 0 Å². The summed E-state index contributed by atoms with van der Waals surface area (Å²) in [5.41, 5.74) is 9.30. The Kier molecular flexibility index (Phi) is 4.74. The fourth-order valence-electron chi connectivity index (χ4n) is 4.92. The first-order valence-corrected chi connectivity index (χ1v) is 12.1. The van der Waals surface area contributed by atoms with E-state index in [9.17, 15) is 14.4 Å². The first-order chi connectivity index (χ1) is 13.4. The summed E-state index contributed by atoms with van der Waals surface area (Å²) in [4.78, 5) is 18.9. The van der Waals surface area contributed by atoms with E-state index in [1.54, 1.807) is 12.1 Å². The predicted octanol–water partition coefficient (Wildman–Crippen LogP) is 5.63. The summed E-state index contributed by atoms with van der Waals surface area (Å²) in [6, 6.07) is 9.91. The molecule has 2 aliphatic carbocycles. The molecule has 3 nitrogen and oxygen atoms in total. The third-order valence-corrected chi connectivity index (χ3v) is 7.95. The second-order valence-corrected chi connectivity index (χ2v) is 11.7. The van der Waals surface area contributed by atoms with E-state index in [-0.39, 0.29) is 16.1 Å². The van der Waals surface area contributed by atoms with Gasteiger partial charge >= 0.3 is 7.60 Å². The van der Waals surface area contributed by atoms with Crippen LogP contribution < -0.4 is 5.30 Å². The normalized spacial score (nSPS) is 21.1. The zero-order chi connectivity index (χ0) is 21.2. The van der Waals surface area contributed by atoms with Gasteiger partial charge in [-0.3, -0.25) is 4.57 Å². The second kappa shape index (κ2) is 6.67. The monoisotopic (exact) mass is 410 g/mol. The third kappa shape index (κ3) is 3.65. The van der Waals surface area contributed by atoms with Crippen molar-refractivity contribution in [2.24, 2.45) is 0 Å². The van der Waals surface area contributed by atoms with Crippen molar-refractivity contribution in [3.05, 3.63) is 63.7 Å². The van der Waals surface area contributed by atoms with Crippen molar-refractivity contribution < 1.29 is 14.4 Å². The van der Waals surface area contributed by atoms with Gasteiger partial charge in [0.1, 0.15) is 0 Å². The molecule has 2 aliphatic rings. The van der Waals surface area contributed by atoms with Gasteiger partial charge in [-0.1, -0.05) is 52.0 Å². The maximum absolute atomic E-state index is 11.6. The van der Waals surface area contributed by atoms with Crippen molar-refractivity contribution in [2.75, 3.05) is 0 Å². The van der Waals surface area contributed by atoms with E-state index >= 15 is 0 Å². The van der Waals surface area contributed by atoms with E-state index in [1.807, 2.05) is 6.07 Å². The van der Waals surface area contributed by atoms with E-state index < -0.39 is 7.60 Å². The molecule has 154 valence electrons. The van der Waals surface area contributed by atoms with Gasteiger partial charge in [0.05, 0.1) is 5.30 Å². The van der Waals surface area contributed by atoms with Crippen molar-refractivity contribution >= 4 is 24.5 Å². The van der Waals surface area contributed by atoms with Crippen LogP contribution in [-0.2, 0) is 21.8 Å². The van der Waals surface area contributed by atoms with Crippen LogP contribution in [0, 0.1) is 6.92 Å². The highest BCUT2D eigenvalue weighted by molar-refractivity contribution is 7.60. The van der Waals surface area contributed by atoms with Gasteiger partial charge in [-0.25, -0.2) is 0 Å². The van der Waals surface area contributed by atoms with Gasteiger partial charge in [0.2, 0.25) is 0 Å². The number of hydrogen-bond donors (Lipinski definition) is 2. The molecule has 0 bridgehead atoms. The number of allylic oxidation sites excluding steroid dienone is 1. The molecule has 0 aromatic heterocycles. The fourth-order valence-corrected chi connectivity index (χ4v) is 5.51. The summed E-state index contributed by atoms with van der Waals surface area (Å²) in [6.07, 6.45) is 6.43. The lowest BCUT2D eigenvalue weighted by Gasteiger charge is -2.42. The van der Waals surface area contributed by atoms with Crippen LogP contribution in [0.2, 0.25) is 0 Å². The molecular weight excluding hydrogens is 379 g/mol. The lowest BCUT2D eigenvalue weighted by Crippen LogP contribution is -2.34. The second-order valence-electron chi connectivity index (χ2n) is 10.1. The highest BCUT2D eigenvalue weighted by Gasteiger charge is 2.37. The Morgan fingerprint density at radius 1 is 0.931 bits per heavy atom. The Morgan fingerprint density at radius 3 is 2.17 bits per heavy atom. The van der Waals surface area contributed by atoms with Crippen molar-refractivity contribution in [1.82, 2.24) is 0 Å². The van der Waals surface area contributed by atoms with Crippen LogP contribution in [0.4, 0.5) is 0 Å². The van der Waals surface area contributed by atoms with Crippen LogP contribution in [0.3, 0.4) is 0 Å². The number of benzene rings is 2. The van der Waals surface area contributed by atoms with Crippen LogP contribution in [0.25, 0.3) is 11.6 Å². The van der Waals surface area contributed by atoms with E-state index in [4.69, 9.17) is 0 Å². The summed E-state index contributed by atoms with van der Waals surface area (Å²) >= 11 is 0. The minimum absolute atomic E-state index is 0.117. The van der Waals surface area contributed by atoms with Gasteiger partial charge in [-0.05, 0) is 94.5 Å². The van der Waals surface area contributed by atoms with Crippen LogP contribution in [-0.4, -0.2) is 9.79 Å². The molecule has 0 heterocycles. The van der Waals surface area contributed by atoms with Gasteiger partial charge in [-0.15, -0.1) is 0 Å². The zero-order valence-corrected chi connectivity index (χ0v) is 18.9. The molecule has 0 fully saturated rings. The van der Waals surface area contributed by atoms with Crippen molar-refractivity contribution in [3.63, 3.8) is 0 Å². The lowest BCUT2D eigenvalue weighted by atomic mass is 9.62. The first-order valence-electron chi connectivity index (χ1n) is 10.4. The molecule has 4 heteroatoms. The Balaban J connectivity index is 1.79. The van der Waals surface area contributed by atoms with Gasteiger partial charge in [-0.2, -0.15) is 0 Å². The van der Waals surface area contributed by atoms with Crippen LogP contribution in [0.5, 0.6) is 0 Å². The standard InChI is InChI=1S/C25H31O3P/c1-16-12-22-23(25(4,5)11-10-24(22,2)3)15-19(16)13-17-6-7-18-14-20(29(26,27)28)8-9-21(17)18/h8-9,12-15H,6-7,10-11H2,1-5H3,(H2,26,27,28). The average Bonchev–Trinajstić information content (AvgIpc) is 3.02. The maximum Gasteiger partial charge on any atom is 0.356 e. The molecule has 29 heavy (non-hydrogen) atoms. The zero-order valence-electron chi connectivity index (χ0n) is 18.0. The van der Waals surface area contributed by atoms with Gasteiger partial charge in [0.15, 0.2) is 0 Å². The third-order valence-electron chi connectivity index (χ3n) is 7.00. The molecule has 0 atom stereocenters. The van der Waals surface area contributed by atoms with Crippen molar-refractivity contribution in [2.45, 2.75) is 71.1 Å². The molecule has 2 N–H and O–H groups in total. The molecule has 4 rings (SSSR count). The predicted molar refractivity (Wildman–Crippen MR) is 121 cm³/mol. The minimum atomic E-state index is -4.20. The number of rotatable bonds is 2. The van der Waals surface area contributed by atoms with E-state index in [2.05, 4.69) is 52.8 Å². The van der Waals surface area contributed by atoms with Crippen LogP contribution in [0.1, 0.15) is 80.3 Å². The van der Waals surface area contributed by atoms with E-state index in [1.165, 1.54) is 40.7 Å². The lowest BCUT2D eigenvalue weighted by molar-refractivity contribution is 0.331. The van der Waals surface area contributed by atoms with E-state index in [0.717, 1.165) is 24.0 Å². The van der Waals surface area contributed by atoms with Crippen molar-refractivity contribution in [1.29, 1.82) is 0 Å².